The average molecular weight is 200 g/mol. The molecule has 0 saturated carbocycles. The number of thiol groups is 1. The Morgan fingerprint density at radius 3 is 1.73 bits per heavy atom. The van der Waals surface area contributed by atoms with E-state index >= 15 is 0 Å². The lowest BCUT2D eigenvalue weighted by Gasteiger charge is -2.15. The Hall–Kier alpha value is 0.260. The van der Waals surface area contributed by atoms with Crippen LogP contribution in [0.1, 0.15) is 26.7 Å². The predicted molar refractivity (Wildman–Crippen MR) is 50.9 cm³/mol. The van der Waals surface area contributed by atoms with E-state index in [2.05, 4.69) is 0 Å². The number of rotatable bonds is 5. The van der Waals surface area contributed by atoms with E-state index in [9.17, 15) is 8.42 Å². The Bertz CT molecular complexity index is 180. The SMILES string of the molecule is CCC[SH](CCC)S(=O)(=O)O. The van der Waals surface area contributed by atoms with E-state index in [1.54, 1.807) is 0 Å². The van der Waals surface area contributed by atoms with E-state index in [0.29, 0.717) is 11.5 Å². The standard InChI is InChI=1S/C6H16O3S2/c1-3-5-10(6-4-2)11(7,8)9/h10H,3-6H2,1-2H3,(H,7,8,9). The second-order valence-corrected chi connectivity index (χ2v) is 8.06. The molecule has 0 aliphatic rings. The Balaban J connectivity index is 4.11. The number of hydrogen-bond donors (Lipinski definition) is 2. The van der Waals surface area contributed by atoms with Crippen LogP contribution in [0.4, 0.5) is 0 Å². The summed E-state index contributed by atoms with van der Waals surface area (Å²) >= 11 is 0. The third-order valence-corrected chi connectivity index (χ3v) is 6.87. The molecule has 0 amide bonds. The van der Waals surface area contributed by atoms with Crippen molar-refractivity contribution < 1.29 is 13.0 Å². The van der Waals surface area contributed by atoms with Crippen molar-refractivity contribution in [2.45, 2.75) is 26.7 Å². The molecule has 3 nitrogen and oxygen atoms in total. The van der Waals surface area contributed by atoms with Crippen LogP contribution in [0.2, 0.25) is 0 Å². The van der Waals surface area contributed by atoms with Gasteiger partial charge in [0.1, 0.15) is 0 Å². The molecule has 11 heavy (non-hydrogen) atoms. The summed E-state index contributed by atoms with van der Waals surface area (Å²) in [6.07, 6.45) is 1.65. The molecule has 0 rings (SSSR count). The summed E-state index contributed by atoms with van der Waals surface area (Å²) in [5.41, 5.74) is 0. The highest BCUT2D eigenvalue weighted by atomic mass is 33.2. The minimum Gasteiger partial charge on any atom is -0.279 e. The van der Waals surface area contributed by atoms with E-state index in [-0.39, 0.29) is 0 Å². The van der Waals surface area contributed by atoms with E-state index < -0.39 is 19.1 Å². The van der Waals surface area contributed by atoms with Crippen LogP contribution in [0, 0.1) is 0 Å². The van der Waals surface area contributed by atoms with Crippen LogP contribution < -0.4 is 0 Å². The molecule has 0 bridgehead atoms. The highest BCUT2D eigenvalue weighted by Gasteiger charge is 2.15. The molecular weight excluding hydrogens is 184 g/mol. The monoisotopic (exact) mass is 200 g/mol. The van der Waals surface area contributed by atoms with Gasteiger partial charge in [0.15, 0.2) is 0 Å². The normalized spacial score (nSPS) is 13.2. The topological polar surface area (TPSA) is 54.4 Å². The minimum atomic E-state index is -3.72. The van der Waals surface area contributed by atoms with Crippen molar-refractivity contribution >= 4 is 19.1 Å². The molecule has 0 aromatic heterocycles. The molecule has 0 atom stereocenters. The molecule has 0 saturated heterocycles. The van der Waals surface area contributed by atoms with Crippen molar-refractivity contribution in [2.24, 2.45) is 0 Å². The van der Waals surface area contributed by atoms with Crippen LogP contribution in [-0.4, -0.2) is 24.5 Å². The lowest BCUT2D eigenvalue weighted by molar-refractivity contribution is 0.502. The van der Waals surface area contributed by atoms with Gasteiger partial charge in [0.05, 0.1) is 0 Å². The van der Waals surface area contributed by atoms with E-state index in [1.807, 2.05) is 13.8 Å². The highest BCUT2D eigenvalue weighted by Crippen LogP contribution is 2.32. The van der Waals surface area contributed by atoms with Crippen molar-refractivity contribution in [3.63, 3.8) is 0 Å². The molecule has 5 heteroatoms. The van der Waals surface area contributed by atoms with Gasteiger partial charge in [-0.2, -0.15) is 8.42 Å². The first-order valence-corrected chi connectivity index (χ1v) is 7.50. The van der Waals surface area contributed by atoms with Gasteiger partial charge in [-0.3, -0.25) is 4.55 Å². The first-order chi connectivity index (χ1) is 5.02. The van der Waals surface area contributed by atoms with Crippen LogP contribution in [0.15, 0.2) is 0 Å². The van der Waals surface area contributed by atoms with Gasteiger partial charge in [0, 0.05) is 0 Å². The fourth-order valence-corrected chi connectivity index (χ4v) is 5.00. The van der Waals surface area contributed by atoms with Gasteiger partial charge in [-0.1, -0.05) is 13.8 Å². The second-order valence-electron chi connectivity index (χ2n) is 2.38. The van der Waals surface area contributed by atoms with Crippen molar-refractivity contribution in [1.29, 1.82) is 0 Å². The molecule has 0 aromatic carbocycles. The fraction of sp³-hybridized carbons (Fsp3) is 1.00. The Kier molecular flexibility index (Phi) is 5.12. The molecule has 0 aromatic rings. The van der Waals surface area contributed by atoms with Gasteiger partial charge in [-0.15, -0.1) is 9.93 Å². The van der Waals surface area contributed by atoms with Gasteiger partial charge >= 0.3 is 0 Å². The molecule has 1 N–H and O–H groups in total. The average Bonchev–Trinajstić information content (AvgIpc) is 1.85. The van der Waals surface area contributed by atoms with E-state index in [1.165, 1.54) is 0 Å². The van der Waals surface area contributed by atoms with Gasteiger partial charge < -0.3 is 0 Å². The van der Waals surface area contributed by atoms with E-state index in [0.717, 1.165) is 12.8 Å². The third kappa shape index (κ3) is 4.66. The Labute approximate surface area is 70.7 Å². The predicted octanol–water partition coefficient (Wildman–Crippen LogP) is 1.61. The Morgan fingerprint density at radius 2 is 1.55 bits per heavy atom. The first kappa shape index (κ1) is 11.3. The van der Waals surface area contributed by atoms with Crippen LogP contribution >= 0.6 is 9.93 Å². The molecular formula is C6H16O3S2. The zero-order valence-corrected chi connectivity index (χ0v) is 8.66. The molecule has 0 aliphatic carbocycles. The Morgan fingerprint density at radius 1 is 1.18 bits per heavy atom. The van der Waals surface area contributed by atoms with Gasteiger partial charge in [-0.05, 0) is 24.3 Å². The van der Waals surface area contributed by atoms with Crippen LogP contribution in [0.5, 0.6) is 0 Å². The molecule has 70 valence electrons. The van der Waals surface area contributed by atoms with Gasteiger partial charge in [-0.25, -0.2) is 0 Å². The molecule has 0 spiro atoms. The fourth-order valence-electron chi connectivity index (χ4n) is 0.841. The second kappa shape index (κ2) is 5.00. The van der Waals surface area contributed by atoms with Crippen LogP contribution in [0.3, 0.4) is 0 Å². The van der Waals surface area contributed by atoms with E-state index in [4.69, 9.17) is 4.55 Å². The summed E-state index contributed by atoms with van der Waals surface area (Å²) in [6.45, 7) is 3.85. The molecule has 0 fully saturated rings. The van der Waals surface area contributed by atoms with Crippen molar-refractivity contribution in [3.05, 3.63) is 0 Å². The largest absolute Gasteiger partial charge is 0.299 e. The van der Waals surface area contributed by atoms with Crippen molar-refractivity contribution in [1.82, 2.24) is 0 Å². The number of hydrogen-bond acceptors (Lipinski definition) is 2. The van der Waals surface area contributed by atoms with Crippen LogP contribution in [0.25, 0.3) is 0 Å². The maximum Gasteiger partial charge on any atom is 0.299 e. The smallest absolute Gasteiger partial charge is 0.279 e. The molecule has 0 radical (unpaired) electrons. The van der Waals surface area contributed by atoms with Crippen molar-refractivity contribution in [2.75, 3.05) is 11.5 Å². The summed E-state index contributed by atoms with van der Waals surface area (Å²) in [7, 11) is -4.90. The molecule has 0 heterocycles. The van der Waals surface area contributed by atoms with Gasteiger partial charge in [0.25, 0.3) is 9.15 Å². The maximum absolute atomic E-state index is 10.7. The molecule has 0 aliphatic heterocycles. The summed E-state index contributed by atoms with van der Waals surface area (Å²) < 4.78 is 30.1. The lowest BCUT2D eigenvalue weighted by Crippen LogP contribution is -2.05. The third-order valence-electron chi connectivity index (χ3n) is 1.27. The lowest BCUT2D eigenvalue weighted by atomic mass is 10.6. The zero-order valence-electron chi connectivity index (χ0n) is 6.95. The quantitative estimate of drug-likeness (QED) is 0.403. The maximum atomic E-state index is 10.7. The summed E-state index contributed by atoms with van der Waals surface area (Å²) in [6, 6.07) is 0. The molecule has 0 unspecified atom stereocenters. The van der Waals surface area contributed by atoms with Crippen molar-refractivity contribution in [3.8, 4) is 0 Å². The summed E-state index contributed by atoms with van der Waals surface area (Å²) in [4.78, 5) is 0. The summed E-state index contributed by atoms with van der Waals surface area (Å²) in [5.74, 6) is 1.25. The first-order valence-electron chi connectivity index (χ1n) is 3.75. The summed E-state index contributed by atoms with van der Waals surface area (Å²) in [5, 5.41) is 0. The van der Waals surface area contributed by atoms with Gasteiger partial charge in [0.2, 0.25) is 0 Å². The minimum absolute atomic E-state index is 0.627. The highest BCUT2D eigenvalue weighted by molar-refractivity contribution is 8.79. The zero-order chi connectivity index (χ0) is 8.91. The van der Waals surface area contributed by atoms with Crippen LogP contribution in [-0.2, 0) is 9.15 Å².